The van der Waals surface area contributed by atoms with E-state index in [1.807, 2.05) is 4.90 Å². The van der Waals surface area contributed by atoms with Gasteiger partial charge in [0.15, 0.2) is 0 Å². The fourth-order valence-electron chi connectivity index (χ4n) is 4.44. The van der Waals surface area contributed by atoms with E-state index in [1.165, 1.54) is 51.4 Å². The molecule has 5 N–H and O–H groups in total. The van der Waals surface area contributed by atoms with Gasteiger partial charge in [-0.05, 0) is 45.1 Å². The van der Waals surface area contributed by atoms with Crippen LogP contribution in [-0.4, -0.2) is 48.4 Å². The summed E-state index contributed by atoms with van der Waals surface area (Å²) in [5.74, 6) is 0.149. The molecule has 1 heterocycles. The topological polar surface area (TPSA) is 101 Å². The summed E-state index contributed by atoms with van der Waals surface area (Å²) < 4.78 is 0. The van der Waals surface area contributed by atoms with Crippen LogP contribution in [0, 0.1) is 0 Å². The Hall–Kier alpha value is -1.14. The molecule has 0 radical (unpaired) electrons. The lowest BCUT2D eigenvalue weighted by Gasteiger charge is -2.36. The normalized spacial score (nSPS) is 17.5. The second-order valence-corrected chi connectivity index (χ2v) is 9.30. The minimum atomic E-state index is -0.481. The van der Waals surface area contributed by atoms with Crippen molar-refractivity contribution in [1.29, 1.82) is 0 Å². The number of carbonyl (C=O) groups excluding carboxylic acids is 2. The molecule has 0 bridgehead atoms. The van der Waals surface area contributed by atoms with Crippen molar-refractivity contribution in [2.45, 2.75) is 128 Å². The van der Waals surface area contributed by atoms with Gasteiger partial charge in [-0.3, -0.25) is 9.59 Å². The van der Waals surface area contributed by atoms with Crippen molar-refractivity contribution in [3.05, 3.63) is 0 Å². The van der Waals surface area contributed by atoms with E-state index in [-0.39, 0.29) is 17.9 Å². The van der Waals surface area contributed by atoms with Crippen LogP contribution in [0.4, 0.5) is 0 Å². The Labute approximate surface area is 191 Å². The summed E-state index contributed by atoms with van der Waals surface area (Å²) >= 11 is 0. The van der Waals surface area contributed by atoms with Crippen LogP contribution in [0.1, 0.15) is 116 Å². The maximum Gasteiger partial charge on any atom is 0.236 e. The number of piperidine rings is 1. The molecule has 2 atom stereocenters. The maximum absolute atomic E-state index is 12.8. The number of likely N-dealkylation sites (tertiary alicyclic amines) is 1. The number of hydrogen-bond donors (Lipinski definition) is 3. The van der Waals surface area contributed by atoms with Crippen LogP contribution in [-0.2, 0) is 9.59 Å². The van der Waals surface area contributed by atoms with Crippen LogP contribution in [0.2, 0.25) is 0 Å². The van der Waals surface area contributed by atoms with Gasteiger partial charge in [-0.1, -0.05) is 71.1 Å². The van der Waals surface area contributed by atoms with Gasteiger partial charge in [0.25, 0.3) is 0 Å². The molecule has 1 aliphatic heterocycles. The average Bonchev–Trinajstić information content (AvgIpc) is 2.78. The lowest BCUT2D eigenvalue weighted by atomic mass is 10.0. The van der Waals surface area contributed by atoms with Gasteiger partial charge in [0.1, 0.15) is 0 Å². The SMILES string of the molecule is CCCCCCCCCCCCC(=O)N1CCCCC1CNC(=O)C(N)CCCCN. The van der Waals surface area contributed by atoms with E-state index in [9.17, 15) is 9.59 Å². The van der Waals surface area contributed by atoms with Crippen molar-refractivity contribution in [2.75, 3.05) is 19.6 Å². The van der Waals surface area contributed by atoms with Crippen molar-refractivity contribution in [1.82, 2.24) is 10.2 Å². The Morgan fingerprint density at radius 3 is 2.23 bits per heavy atom. The number of nitrogens with zero attached hydrogens (tertiary/aromatic N) is 1. The third-order valence-electron chi connectivity index (χ3n) is 6.51. The summed E-state index contributed by atoms with van der Waals surface area (Å²) in [6, 6.07) is -0.365. The van der Waals surface area contributed by atoms with E-state index in [1.54, 1.807) is 0 Å². The second-order valence-electron chi connectivity index (χ2n) is 9.30. The van der Waals surface area contributed by atoms with Gasteiger partial charge >= 0.3 is 0 Å². The largest absolute Gasteiger partial charge is 0.353 e. The number of amides is 2. The quantitative estimate of drug-likeness (QED) is 0.278. The first-order valence-electron chi connectivity index (χ1n) is 13.1. The van der Waals surface area contributed by atoms with Crippen molar-refractivity contribution >= 4 is 11.8 Å². The van der Waals surface area contributed by atoms with Gasteiger partial charge in [-0.2, -0.15) is 0 Å². The van der Waals surface area contributed by atoms with Gasteiger partial charge in [0.05, 0.1) is 6.04 Å². The molecule has 182 valence electrons. The second kappa shape index (κ2) is 18.4. The van der Waals surface area contributed by atoms with Gasteiger partial charge in [0.2, 0.25) is 11.8 Å². The van der Waals surface area contributed by atoms with Crippen LogP contribution in [0.15, 0.2) is 0 Å². The standard InChI is InChI=1S/C25H50N4O2/c1-2-3-4-5-6-7-8-9-10-11-18-24(30)29-20-15-13-16-22(29)21-28-25(31)23(27)17-12-14-19-26/h22-23H,2-21,26-27H2,1H3,(H,28,31). The van der Waals surface area contributed by atoms with E-state index in [0.717, 1.165) is 51.5 Å². The highest BCUT2D eigenvalue weighted by Crippen LogP contribution is 2.19. The third kappa shape index (κ3) is 13.1. The molecule has 1 aliphatic rings. The summed E-state index contributed by atoms with van der Waals surface area (Å²) in [5, 5.41) is 2.98. The Morgan fingerprint density at radius 2 is 1.58 bits per heavy atom. The van der Waals surface area contributed by atoms with Gasteiger partial charge < -0.3 is 21.7 Å². The Morgan fingerprint density at radius 1 is 0.935 bits per heavy atom. The Bertz CT molecular complexity index is 472. The molecule has 2 unspecified atom stereocenters. The zero-order chi connectivity index (χ0) is 22.7. The molecule has 31 heavy (non-hydrogen) atoms. The van der Waals surface area contributed by atoms with Crippen molar-refractivity contribution < 1.29 is 9.59 Å². The maximum atomic E-state index is 12.8. The predicted molar refractivity (Wildman–Crippen MR) is 130 cm³/mol. The Balaban J connectivity index is 2.20. The summed E-state index contributed by atoms with van der Waals surface area (Å²) in [6.07, 6.45) is 19.0. The molecule has 0 spiro atoms. The first-order valence-corrected chi connectivity index (χ1v) is 13.1. The smallest absolute Gasteiger partial charge is 0.236 e. The summed E-state index contributed by atoms with van der Waals surface area (Å²) in [5.41, 5.74) is 11.5. The summed E-state index contributed by atoms with van der Waals surface area (Å²) in [4.78, 5) is 27.0. The van der Waals surface area contributed by atoms with E-state index >= 15 is 0 Å². The van der Waals surface area contributed by atoms with E-state index in [4.69, 9.17) is 11.5 Å². The molecule has 0 aromatic rings. The highest BCUT2D eigenvalue weighted by molar-refractivity contribution is 5.81. The molecule has 2 amide bonds. The van der Waals surface area contributed by atoms with Crippen LogP contribution in [0.3, 0.4) is 0 Å². The minimum absolute atomic E-state index is 0.107. The summed E-state index contributed by atoms with van der Waals surface area (Å²) in [7, 11) is 0. The number of carbonyl (C=O) groups is 2. The summed E-state index contributed by atoms with van der Waals surface area (Å²) in [6.45, 7) is 4.23. The van der Waals surface area contributed by atoms with Crippen molar-refractivity contribution in [3.8, 4) is 0 Å². The zero-order valence-corrected chi connectivity index (χ0v) is 20.2. The highest BCUT2D eigenvalue weighted by Gasteiger charge is 2.27. The van der Waals surface area contributed by atoms with Gasteiger partial charge in [-0.15, -0.1) is 0 Å². The molecular formula is C25H50N4O2. The minimum Gasteiger partial charge on any atom is -0.353 e. The molecule has 6 heteroatoms. The van der Waals surface area contributed by atoms with Gasteiger partial charge in [0, 0.05) is 25.6 Å². The molecule has 1 fully saturated rings. The van der Waals surface area contributed by atoms with E-state index < -0.39 is 6.04 Å². The van der Waals surface area contributed by atoms with E-state index in [2.05, 4.69) is 12.2 Å². The van der Waals surface area contributed by atoms with Gasteiger partial charge in [-0.25, -0.2) is 0 Å². The fourth-order valence-corrected chi connectivity index (χ4v) is 4.44. The molecular weight excluding hydrogens is 388 g/mol. The molecule has 0 aromatic carbocycles. The molecule has 1 rings (SSSR count). The van der Waals surface area contributed by atoms with Crippen LogP contribution >= 0.6 is 0 Å². The van der Waals surface area contributed by atoms with Crippen LogP contribution in [0.25, 0.3) is 0 Å². The fraction of sp³-hybridized carbons (Fsp3) is 0.920. The monoisotopic (exact) mass is 438 g/mol. The molecule has 1 saturated heterocycles. The number of nitrogens with two attached hydrogens (primary N) is 2. The number of rotatable bonds is 18. The molecule has 0 saturated carbocycles. The number of nitrogens with one attached hydrogen (secondary N) is 1. The molecule has 6 nitrogen and oxygen atoms in total. The average molecular weight is 439 g/mol. The lowest BCUT2D eigenvalue weighted by molar-refractivity contribution is -0.135. The van der Waals surface area contributed by atoms with E-state index in [0.29, 0.717) is 25.9 Å². The first kappa shape index (κ1) is 27.9. The highest BCUT2D eigenvalue weighted by atomic mass is 16.2. The molecule has 0 aromatic heterocycles. The van der Waals surface area contributed by atoms with Crippen molar-refractivity contribution in [2.24, 2.45) is 11.5 Å². The zero-order valence-electron chi connectivity index (χ0n) is 20.2. The van der Waals surface area contributed by atoms with Crippen LogP contribution in [0.5, 0.6) is 0 Å². The predicted octanol–water partition coefficient (Wildman–Crippen LogP) is 4.25. The Kier molecular flexibility index (Phi) is 16.6. The van der Waals surface area contributed by atoms with Crippen molar-refractivity contribution in [3.63, 3.8) is 0 Å². The first-order chi connectivity index (χ1) is 15.1. The third-order valence-corrected chi connectivity index (χ3v) is 6.51. The number of unbranched alkanes of at least 4 members (excludes halogenated alkanes) is 10. The van der Waals surface area contributed by atoms with Crippen LogP contribution < -0.4 is 16.8 Å². The molecule has 0 aliphatic carbocycles. The lowest BCUT2D eigenvalue weighted by Crippen LogP contribution is -2.51. The number of hydrogen-bond acceptors (Lipinski definition) is 4.